The number of piperazine rings is 1. The van der Waals surface area contributed by atoms with Crippen LogP contribution >= 0.6 is 0 Å². The second-order valence-corrected chi connectivity index (χ2v) is 13.0. The van der Waals surface area contributed by atoms with Crippen LogP contribution in [0, 0.1) is 0 Å². The number of nitrogens with one attached hydrogen (secondary N) is 1. The highest BCUT2D eigenvalue weighted by Gasteiger charge is 2.32. The number of nitrogens with zero attached hydrogens (tertiary/aromatic N) is 5. The minimum atomic E-state index is -1.05. The molecule has 5 rings (SSSR count). The predicted molar refractivity (Wildman–Crippen MR) is 183 cm³/mol. The summed E-state index contributed by atoms with van der Waals surface area (Å²) in [6.45, 7) is 7.59. The number of carboxylic acid groups (broad SMARTS) is 1. The molecule has 3 saturated heterocycles. The number of unbranched alkanes of at least 4 members (excludes halogenated alkanes) is 2. The van der Waals surface area contributed by atoms with Crippen molar-refractivity contribution < 1.29 is 29.0 Å². The number of rotatable bonds is 13. The second kappa shape index (κ2) is 17.3. The fourth-order valence-corrected chi connectivity index (χ4v) is 6.86. The third kappa shape index (κ3) is 9.46. The average Bonchev–Trinajstić information content (AvgIpc) is 3.67. The minimum absolute atomic E-state index is 0.0610. The highest BCUT2D eigenvalue weighted by Crippen LogP contribution is 2.29. The van der Waals surface area contributed by atoms with E-state index in [1.165, 1.54) is 12.8 Å². The smallest absolute Gasteiger partial charge is 0.409 e. The Balaban J connectivity index is 1.30. The Morgan fingerprint density at radius 2 is 1.67 bits per heavy atom. The fraction of sp³-hybridized carbons (Fsp3) is 0.583. The number of hydrogen-bond donors (Lipinski definition) is 2. The van der Waals surface area contributed by atoms with E-state index >= 15 is 0 Å². The highest BCUT2D eigenvalue weighted by molar-refractivity contribution is 5.97. The van der Waals surface area contributed by atoms with Crippen molar-refractivity contribution in [1.29, 1.82) is 0 Å². The average molecular weight is 663 g/mol. The van der Waals surface area contributed by atoms with Gasteiger partial charge in [-0.15, -0.1) is 0 Å². The molecule has 0 radical (unpaired) electrons. The van der Waals surface area contributed by atoms with Crippen LogP contribution in [-0.2, 0) is 14.3 Å². The first-order valence-corrected chi connectivity index (χ1v) is 17.6. The van der Waals surface area contributed by atoms with Crippen LogP contribution in [0.15, 0.2) is 42.5 Å². The molecule has 3 fully saturated rings. The number of likely N-dealkylation sites (tertiary alicyclic amines) is 1. The molecule has 0 spiro atoms. The number of pyridine rings is 1. The number of benzene rings is 1. The molecule has 2 N–H and O–H groups in total. The fourth-order valence-electron chi connectivity index (χ4n) is 6.86. The van der Waals surface area contributed by atoms with Gasteiger partial charge < -0.3 is 29.9 Å². The molecule has 12 heteroatoms. The van der Waals surface area contributed by atoms with Gasteiger partial charge in [0.1, 0.15) is 11.7 Å². The van der Waals surface area contributed by atoms with Crippen LogP contribution < -0.4 is 10.2 Å². The third-order valence-electron chi connectivity index (χ3n) is 9.60. The lowest BCUT2D eigenvalue weighted by atomic mass is 10.0. The molecule has 1 aromatic heterocycles. The lowest BCUT2D eigenvalue weighted by Crippen LogP contribution is -2.56. The van der Waals surface area contributed by atoms with E-state index in [1.807, 2.05) is 36.4 Å². The van der Waals surface area contributed by atoms with E-state index in [0.29, 0.717) is 31.4 Å². The van der Waals surface area contributed by atoms with Crippen LogP contribution in [-0.4, -0.2) is 120 Å². The number of aromatic nitrogens is 1. The topological polar surface area (TPSA) is 136 Å². The monoisotopic (exact) mass is 662 g/mol. The number of piperidine rings is 1. The van der Waals surface area contributed by atoms with E-state index in [-0.39, 0.29) is 37.5 Å². The maximum absolute atomic E-state index is 13.9. The summed E-state index contributed by atoms with van der Waals surface area (Å²) in [5.74, 6) is -1.95. The summed E-state index contributed by atoms with van der Waals surface area (Å²) in [6, 6.07) is 12.9. The number of anilines is 1. The molecule has 0 saturated carbocycles. The Bertz CT molecular complexity index is 1390. The molecule has 12 nitrogen and oxygen atoms in total. The first kappa shape index (κ1) is 35.1. The van der Waals surface area contributed by atoms with Gasteiger partial charge in [0.25, 0.3) is 5.91 Å². The SMILES string of the molecule is CCCCCOC(=O)N1CCN(C(=O)[C@H](CCC(=O)O)NC(=O)c2cc(N3CCCC(N4CCCC4)C3)cc(-c3ccccc3)n2)CC1. The molecule has 3 aliphatic rings. The zero-order valence-electron chi connectivity index (χ0n) is 28.1. The van der Waals surface area contributed by atoms with E-state index < -0.39 is 24.0 Å². The van der Waals surface area contributed by atoms with E-state index in [2.05, 4.69) is 22.0 Å². The summed E-state index contributed by atoms with van der Waals surface area (Å²) >= 11 is 0. The number of carboxylic acids is 1. The minimum Gasteiger partial charge on any atom is -0.481 e. The molecule has 48 heavy (non-hydrogen) atoms. The summed E-state index contributed by atoms with van der Waals surface area (Å²) in [5.41, 5.74) is 2.62. The molecular weight excluding hydrogens is 612 g/mol. The summed E-state index contributed by atoms with van der Waals surface area (Å²) in [5, 5.41) is 12.3. The molecular formula is C36H50N6O6. The van der Waals surface area contributed by atoms with Gasteiger partial charge >= 0.3 is 12.1 Å². The van der Waals surface area contributed by atoms with Crippen molar-refractivity contribution in [3.05, 3.63) is 48.2 Å². The van der Waals surface area contributed by atoms with Crippen LogP contribution in [0.4, 0.5) is 10.5 Å². The number of ether oxygens (including phenoxy) is 1. The van der Waals surface area contributed by atoms with Crippen molar-refractivity contribution in [2.45, 2.75) is 76.8 Å². The number of hydrogen-bond acceptors (Lipinski definition) is 8. The molecule has 0 aliphatic carbocycles. The summed E-state index contributed by atoms with van der Waals surface area (Å²) in [6.07, 6.45) is 6.78. The summed E-state index contributed by atoms with van der Waals surface area (Å²) in [7, 11) is 0. The van der Waals surface area contributed by atoms with Gasteiger partial charge in [0.2, 0.25) is 5.91 Å². The lowest BCUT2D eigenvalue weighted by Gasteiger charge is -2.39. The van der Waals surface area contributed by atoms with Crippen molar-refractivity contribution >= 4 is 29.6 Å². The second-order valence-electron chi connectivity index (χ2n) is 13.0. The molecule has 4 heterocycles. The molecule has 3 amide bonds. The molecule has 1 unspecified atom stereocenters. The van der Waals surface area contributed by atoms with Crippen molar-refractivity contribution in [3.63, 3.8) is 0 Å². The lowest BCUT2D eigenvalue weighted by molar-refractivity contribution is -0.138. The Labute approximate surface area is 283 Å². The van der Waals surface area contributed by atoms with Gasteiger partial charge in [0, 0.05) is 63.0 Å². The van der Waals surface area contributed by atoms with Crippen molar-refractivity contribution in [3.8, 4) is 11.3 Å². The third-order valence-corrected chi connectivity index (χ3v) is 9.60. The predicted octanol–water partition coefficient (Wildman–Crippen LogP) is 4.25. The van der Waals surface area contributed by atoms with Gasteiger partial charge in [0.15, 0.2) is 0 Å². The summed E-state index contributed by atoms with van der Waals surface area (Å²) in [4.78, 5) is 64.4. The van der Waals surface area contributed by atoms with Crippen molar-refractivity contribution in [2.75, 3.05) is 63.9 Å². The van der Waals surface area contributed by atoms with Gasteiger partial charge in [-0.3, -0.25) is 19.3 Å². The van der Waals surface area contributed by atoms with Crippen LogP contribution in [0.1, 0.15) is 75.2 Å². The van der Waals surface area contributed by atoms with E-state index in [1.54, 1.807) is 15.9 Å². The largest absolute Gasteiger partial charge is 0.481 e. The molecule has 2 aromatic rings. The maximum Gasteiger partial charge on any atom is 0.409 e. The first-order chi connectivity index (χ1) is 23.3. The zero-order chi connectivity index (χ0) is 33.9. The Hall–Kier alpha value is -4.19. The van der Waals surface area contributed by atoms with Gasteiger partial charge in [-0.05, 0) is 63.7 Å². The molecule has 0 bridgehead atoms. The number of carbonyl (C=O) groups excluding carboxylic acids is 3. The molecule has 2 atom stereocenters. The Morgan fingerprint density at radius 3 is 2.38 bits per heavy atom. The first-order valence-electron chi connectivity index (χ1n) is 17.6. The molecule has 1 aromatic carbocycles. The van der Waals surface area contributed by atoms with Crippen LogP contribution in [0.2, 0.25) is 0 Å². The molecule has 3 aliphatic heterocycles. The van der Waals surface area contributed by atoms with E-state index in [4.69, 9.17) is 9.72 Å². The Kier molecular flexibility index (Phi) is 12.6. The summed E-state index contributed by atoms with van der Waals surface area (Å²) < 4.78 is 5.37. The number of carbonyl (C=O) groups is 4. The molecule has 260 valence electrons. The van der Waals surface area contributed by atoms with Gasteiger partial charge in [-0.1, -0.05) is 50.1 Å². The normalized spacial score (nSPS) is 19.2. The zero-order valence-corrected chi connectivity index (χ0v) is 28.1. The number of aliphatic carboxylic acids is 1. The number of amides is 3. The quantitative estimate of drug-likeness (QED) is 0.302. The standard InChI is InChI=1S/C36H50N6O6/c1-2-3-9-23-48-36(47)41-21-19-40(20-22-41)35(46)30(14-15-33(43)44)38-34(45)32-25-29(24-31(37-32)27-11-5-4-6-12-27)42-18-10-13-28(26-42)39-16-7-8-17-39/h4-6,11-12,24-25,28,30H,2-3,7-10,13-23,26H2,1H3,(H,38,45)(H,43,44)/t28?,30-/m0/s1. The van der Waals surface area contributed by atoms with Crippen LogP contribution in [0.25, 0.3) is 11.3 Å². The van der Waals surface area contributed by atoms with Crippen molar-refractivity contribution in [2.24, 2.45) is 0 Å². The van der Waals surface area contributed by atoms with Gasteiger partial charge in [-0.25, -0.2) is 9.78 Å². The van der Waals surface area contributed by atoms with E-state index in [9.17, 15) is 24.3 Å². The highest BCUT2D eigenvalue weighted by atomic mass is 16.6. The Morgan fingerprint density at radius 1 is 0.938 bits per heavy atom. The van der Waals surface area contributed by atoms with Crippen LogP contribution in [0.5, 0.6) is 0 Å². The van der Waals surface area contributed by atoms with E-state index in [0.717, 1.165) is 69.5 Å². The van der Waals surface area contributed by atoms with Crippen LogP contribution in [0.3, 0.4) is 0 Å². The van der Waals surface area contributed by atoms with Crippen molar-refractivity contribution in [1.82, 2.24) is 25.0 Å². The van der Waals surface area contributed by atoms with Gasteiger partial charge in [-0.2, -0.15) is 0 Å². The maximum atomic E-state index is 13.9. The van der Waals surface area contributed by atoms with Gasteiger partial charge in [0.05, 0.1) is 12.3 Å².